The molecule has 0 fully saturated rings. The highest BCUT2D eigenvalue weighted by atomic mass is 16.6. The highest BCUT2D eigenvalue weighted by Gasteiger charge is 2.27. The van der Waals surface area contributed by atoms with Gasteiger partial charge in [0.2, 0.25) is 11.6 Å². The summed E-state index contributed by atoms with van der Waals surface area (Å²) in [6, 6.07) is 26.7. The lowest BCUT2D eigenvalue weighted by atomic mass is 10.1. The molecule has 0 amide bonds. The number of hydrogen-bond acceptors (Lipinski definition) is 7. The minimum Gasteiger partial charge on any atom is -0.497 e. The van der Waals surface area contributed by atoms with Gasteiger partial charge in [0.05, 0.1) is 12.0 Å². The van der Waals surface area contributed by atoms with Crippen LogP contribution in [0, 0.1) is 10.1 Å². The molecule has 8 heteroatoms. The third kappa shape index (κ3) is 5.43. The molecule has 0 saturated carbocycles. The predicted octanol–water partition coefficient (Wildman–Crippen LogP) is 5.34. The average molecular weight is 441 g/mol. The van der Waals surface area contributed by atoms with Gasteiger partial charge in [-0.3, -0.25) is 10.1 Å². The summed E-state index contributed by atoms with van der Waals surface area (Å²) in [6.45, 7) is 0.908. The van der Waals surface area contributed by atoms with E-state index < -0.39 is 4.92 Å². The zero-order valence-corrected chi connectivity index (χ0v) is 18.1. The zero-order valence-electron chi connectivity index (χ0n) is 18.1. The van der Waals surface area contributed by atoms with Crippen molar-refractivity contribution in [3.8, 4) is 5.75 Å². The minimum atomic E-state index is -0.440. The van der Waals surface area contributed by atoms with Crippen LogP contribution in [0.1, 0.15) is 11.1 Å². The van der Waals surface area contributed by atoms with E-state index in [4.69, 9.17) is 4.74 Å². The summed E-state index contributed by atoms with van der Waals surface area (Å²) < 4.78 is 5.18. The molecule has 33 heavy (non-hydrogen) atoms. The van der Waals surface area contributed by atoms with Gasteiger partial charge in [0, 0.05) is 18.8 Å². The predicted molar refractivity (Wildman–Crippen MR) is 128 cm³/mol. The van der Waals surface area contributed by atoms with Gasteiger partial charge in [0.1, 0.15) is 12.1 Å². The van der Waals surface area contributed by atoms with Crippen LogP contribution in [0.5, 0.6) is 5.75 Å². The van der Waals surface area contributed by atoms with Gasteiger partial charge in [-0.15, -0.1) is 0 Å². The fourth-order valence-corrected chi connectivity index (χ4v) is 3.48. The lowest BCUT2D eigenvalue weighted by Crippen LogP contribution is -2.24. The standard InChI is InChI=1S/C25H23N5O3/c1-33-22-14-12-21(13-15-22)28-24-23(30(31)32)25(27-18-26-24)29(16-19-8-4-2-5-9-19)17-20-10-6-3-7-11-20/h2-15,18H,16-17H2,1H3,(H,26,27,28). The Morgan fingerprint density at radius 1 is 0.879 bits per heavy atom. The Bertz CT molecular complexity index is 1160. The van der Waals surface area contributed by atoms with Crippen molar-refractivity contribution >= 4 is 23.0 Å². The molecule has 0 aliphatic carbocycles. The second-order valence-electron chi connectivity index (χ2n) is 7.33. The molecule has 1 N–H and O–H groups in total. The number of aromatic nitrogens is 2. The third-order valence-electron chi connectivity index (χ3n) is 5.07. The van der Waals surface area contributed by atoms with E-state index in [9.17, 15) is 10.1 Å². The van der Waals surface area contributed by atoms with E-state index >= 15 is 0 Å². The highest BCUT2D eigenvalue weighted by Crippen LogP contribution is 2.35. The van der Waals surface area contributed by atoms with Crippen LogP contribution in [-0.2, 0) is 13.1 Å². The molecule has 0 bridgehead atoms. The second kappa shape index (κ2) is 10.2. The number of methoxy groups -OCH3 is 1. The van der Waals surface area contributed by atoms with E-state index in [2.05, 4.69) is 15.3 Å². The molecule has 0 unspecified atom stereocenters. The molecule has 0 aliphatic heterocycles. The summed E-state index contributed by atoms with van der Waals surface area (Å²) in [4.78, 5) is 22.1. The van der Waals surface area contributed by atoms with Crippen molar-refractivity contribution < 1.29 is 9.66 Å². The maximum atomic E-state index is 12.2. The Hall–Kier alpha value is -4.46. The topological polar surface area (TPSA) is 93.4 Å². The van der Waals surface area contributed by atoms with E-state index in [0.29, 0.717) is 24.5 Å². The van der Waals surface area contributed by atoms with Crippen LogP contribution in [0.15, 0.2) is 91.3 Å². The van der Waals surface area contributed by atoms with Gasteiger partial charge in [-0.25, -0.2) is 9.97 Å². The van der Waals surface area contributed by atoms with E-state index in [0.717, 1.165) is 11.1 Å². The molecular weight excluding hydrogens is 418 g/mol. The Morgan fingerprint density at radius 2 is 1.45 bits per heavy atom. The smallest absolute Gasteiger partial charge is 0.353 e. The van der Waals surface area contributed by atoms with Crippen molar-refractivity contribution in [3.63, 3.8) is 0 Å². The van der Waals surface area contributed by atoms with Crippen LogP contribution in [0.2, 0.25) is 0 Å². The van der Waals surface area contributed by atoms with Crippen molar-refractivity contribution in [3.05, 3.63) is 112 Å². The molecule has 3 aromatic carbocycles. The van der Waals surface area contributed by atoms with Crippen molar-refractivity contribution in [1.82, 2.24) is 9.97 Å². The van der Waals surface area contributed by atoms with Gasteiger partial charge in [-0.05, 0) is 35.4 Å². The van der Waals surface area contributed by atoms with Gasteiger partial charge in [-0.2, -0.15) is 0 Å². The first-order valence-corrected chi connectivity index (χ1v) is 10.4. The third-order valence-corrected chi connectivity index (χ3v) is 5.07. The molecule has 1 aromatic heterocycles. The summed E-state index contributed by atoms with van der Waals surface area (Å²) in [5.41, 5.74) is 2.51. The van der Waals surface area contributed by atoms with Gasteiger partial charge < -0.3 is 15.0 Å². The Kier molecular flexibility index (Phi) is 6.75. The number of anilines is 3. The SMILES string of the molecule is COc1ccc(Nc2ncnc(N(Cc3ccccc3)Cc3ccccc3)c2[N+](=O)[O-])cc1. The molecule has 0 aliphatic rings. The molecule has 0 radical (unpaired) electrons. The Labute approximate surface area is 191 Å². The fourth-order valence-electron chi connectivity index (χ4n) is 3.48. The van der Waals surface area contributed by atoms with Crippen molar-refractivity contribution in [2.45, 2.75) is 13.1 Å². The fraction of sp³-hybridized carbons (Fsp3) is 0.120. The molecule has 4 aromatic rings. The van der Waals surface area contributed by atoms with Crippen molar-refractivity contribution in [2.24, 2.45) is 0 Å². The Morgan fingerprint density at radius 3 is 1.97 bits per heavy atom. The van der Waals surface area contributed by atoms with Gasteiger partial charge in [0.15, 0.2) is 0 Å². The van der Waals surface area contributed by atoms with Crippen LogP contribution < -0.4 is 15.0 Å². The molecule has 0 atom stereocenters. The molecule has 0 spiro atoms. The molecule has 8 nitrogen and oxygen atoms in total. The number of rotatable bonds is 9. The number of nitro groups is 1. The van der Waals surface area contributed by atoms with Crippen LogP contribution in [0.4, 0.5) is 23.0 Å². The minimum absolute atomic E-state index is 0.126. The first-order valence-electron chi connectivity index (χ1n) is 10.4. The van der Waals surface area contributed by atoms with Crippen LogP contribution in [-0.4, -0.2) is 22.0 Å². The summed E-state index contributed by atoms with van der Waals surface area (Å²) in [5.74, 6) is 1.07. The monoisotopic (exact) mass is 441 g/mol. The molecule has 0 saturated heterocycles. The number of ether oxygens (including phenoxy) is 1. The molecule has 1 heterocycles. The summed E-state index contributed by atoms with van der Waals surface area (Å²) >= 11 is 0. The lowest BCUT2D eigenvalue weighted by molar-refractivity contribution is -0.383. The van der Waals surface area contributed by atoms with Gasteiger partial charge in [0.25, 0.3) is 0 Å². The first kappa shape index (κ1) is 21.8. The Balaban J connectivity index is 1.73. The van der Waals surface area contributed by atoms with Crippen LogP contribution >= 0.6 is 0 Å². The second-order valence-corrected chi connectivity index (χ2v) is 7.33. The maximum Gasteiger partial charge on any atom is 0.353 e. The largest absolute Gasteiger partial charge is 0.497 e. The van der Waals surface area contributed by atoms with Gasteiger partial charge >= 0.3 is 5.69 Å². The number of hydrogen-bond donors (Lipinski definition) is 1. The van der Waals surface area contributed by atoms with Gasteiger partial charge in [-0.1, -0.05) is 60.7 Å². The van der Waals surface area contributed by atoms with E-state index in [1.807, 2.05) is 65.6 Å². The van der Waals surface area contributed by atoms with Crippen LogP contribution in [0.3, 0.4) is 0 Å². The average Bonchev–Trinajstić information content (AvgIpc) is 2.85. The number of benzene rings is 3. The zero-order chi connectivity index (χ0) is 23.0. The van der Waals surface area contributed by atoms with E-state index in [1.54, 1.807) is 31.4 Å². The quantitative estimate of drug-likeness (QED) is 0.277. The summed E-state index contributed by atoms with van der Waals surface area (Å²) in [7, 11) is 1.58. The first-order chi connectivity index (χ1) is 16.1. The number of nitrogens with zero attached hydrogens (tertiary/aromatic N) is 4. The van der Waals surface area contributed by atoms with E-state index in [1.165, 1.54) is 6.33 Å². The lowest BCUT2D eigenvalue weighted by Gasteiger charge is -2.24. The van der Waals surface area contributed by atoms with E-state index in [-0.39, 0.29) is 17.3 Å². The highest BCUT2D eigenvalue weighted by molar-refractivity contribution is 5.74. The maximum absolute atomic E-state index is 12.2. The van der Waals surface area contributed by atoms with Crippen molar-refractivity contribution in [2.75, 3.05) is 17.3 Å². The normalized spacial score (nSPS) is 10.5. The molecular formula is C25H23N5O3. The van der Waals surface area contributed by atoms with Crippen LogP contribution in [0.25, 0.3) is 0 Å². The summed E-state index contributed by atoms with van der Waals surface area (Å²) in [5, 5.41) is 15.2. The number of nitrogens with one attached hydrogen (secondary N) is 1. The molecule has 166 valence electrons. The summed E-state index contributed by atoms with van der Waals surface area (Å²) in [6.07, 6.45) is 1.34. The van der Waals surface area contributed by atoms with Crippen molar-refractivity contribution in [1.29, 1.82) is 0 Å². The molecule has 4 rings (SSSR count).